The molecule has 3 aromatic heterocycles. The van der Waals surface area contributed by atoms with Crippen LogP contribution in [0.3, 0.4) is 0 Å². The van der Waals surface area contributed by atoms with E-state index in [9.17, 15) is 9.59 Å². The zero-order chi connectivity index (χ0) is 29.2. The number of nitrogens with zero attached hydrogens (tertiary/aromatic N) is 6. The van der Waals surface area contributed by atoms with Gasteiger partial charge in [-0.05, 0) is 61.2 Å². The number of benzene rings is 2. The molecular weight excluding hydrogens is 542 g/mol. The molecule has 3 aliphatic rings. The van der Waals surface area contributed by atoms with Crippen LogP contribution in [0.5, 0.6) is 5.75 Å². The van der Waals surface area contributed by atoms with E-state index in [1.165, 1.54) is 11.1 Å². The van der Waals surface area contributed by atoms with Crippen LogP contribution in [-0.2, 0) is 37.8 Å². The number of ether oxygens (including phenoxy) is 1. The lowest BCUT2D eigenvalue weighted by Gasteiger charge is -2.35. The van der Waals surface area contributed by atoms with E-state index in [1.54, 1.807) is 6.20 Å². The van der Waals surface area contributed by atoms with Gasteiger partial charge in [0.2, 0.25) is 0 Å². The molecule has 1 N–H and O–H groups in total. The first-order valence-corrected chi connectivity index (χ1v) is 15.0. The van der Waals surface area contributed by atoms with Crippen molar-refractivity contribution in [3.63, 3.8) is 0 Å². The Hall–Kier alpha value is -4.86. The molecule has 2 aliphatic heterocycles. The molecule has 0 unspecified atom stereocenters. The van der Waals surface area contributed by atoms with E-state index in [0.29, 0.717) is 25.4 Å². The molecule has 0 radical (unpaired) electrons. The molecule has 0 atom stereocenters. The number of hydrogen-bond donors (Lipinski definition) is 1. The van der Waals surface area contributed by atoms with Gasteiger partial charge in [0.1, 0.15) is 11.6 Å². The molecule has 0 bridgehead atoms. The molecule has 5 aromatic rings. The van der Waals surface area contributed by atoms with Gasteiger partial charge in [0.25, 0.3) is 11.8 Å². The Morgan fingerprint density at radius 1 is 1.05 bits per heavy atom. The number of pyridine rings is 1. The van der Waals surface area contributed by atoms with Crippen LogP contribution in [0.4, 0.5) is 5.82 Å². The maximum Gasteiger partial charge on any atom is 0.260 e. The Kier molecular flexibility index (Phi) is 5.92. The highest BCUT2D eigenvalue weighted by atomic mass is 16.5. The third-order valence-corrected chi connectivity index (χ3v) is 9.20. The largest absolute Gasteiger partial charge is 0.484 e. The third-order valence-electron chi connectivity index (χ3n) is 9.20. The minimum Gasteiger partial charge on any atom is -0.484 e. The van der Waals surface area contributed by atoms with Gasteiger partial charge >= 0.3 is 0 Å². The normalized spacial score (nSPS) is 15.9. The van der Waals surface area contributed by atoms with Gasteiger partial charge in [-0.2, -0.15) is 5.10 Å². The first-order valence-electron chi connectivity index (χ1n) is 15.0. The van der Waals surface area contributed by atoms with Gasteiger partial charge in [-0.1, -0.05) is 6.07 Å². The van der Waals surface area contributed by atoms with Crippen molar-refractivity contribution in [2.24, 2.45) is 7.05 Å². The number of carbonyl (C=O) groups excluding carboxylic acids is 2. The van der Waals surface area contributed by atoms with Crippen molar-refractivity contribution in [3.05, 3.63) is 71.2 Å². The van der Waals surface area contributed by atoms with Crippen LogP contribution in [0.1, 0.15) is 34.1 Å². The van der Waals surface area contributed by atoms with Crippen LogP contribution in [0.15, 0.2) is 48.8 Å². The number of aromatic nitrogens is 4. The summed E-state index contributed by atoms with van der Waals surface area (Å²) in [5, 5.41) is 9.95. The summed E-state index contributed by atoms with van der Waals surface area (Å²) in [4.78, 5) is 34.9. The topological polar surface area (TPSA) is 97.5 Å². The van der Waals surface area contributed by atoms with E-state index in [-0.39, 0.29) is 18.4 Å². The number of amides is 2. The van der Waals surface area contributed by atoms with Crippen molar-refractivity contribution >= 4 is 39.4 Å². The van der Waals surface area contributed by atoms with Gasteiger partial charge in [-0.15, -0.1) is 0 Å². The zero-order valence-electron chi connectivity index (χ0n) is 24.4. The molecular formula is C33H33N7O3. The molecule has 43 heavy (non-hydrogen) atoms. The highest BCUT2D eigenvalue weighted by molar-refractivity contribution is 6.19. The molecule has 0 saturated carbocycles. The second-order valence-electron chi connectivity index (χ2n) is 11.5. The zero-order valence-corrected chi connectivity index (χ0v) is 24.4. The molecule has 2 aromatic carbocycles. The summed E-state index contributed by atoms with van der Waals surface area (Å²) in [5.41, 5.74) is 8.47. The minimum atomic E-state index is -0.0246. The number of rotatable bonds is 5. The molecule has 10 heteroatoms. The van der Waals surface area contributed by atoms with Crippen LogP contribution in [0.2, 0.25) is 0 Å². The predicted octanol–water partition coefficient (Wildman–Crippen LogP) is 3.68. The van der Waals surface area contributed by atoms with Crippen LogP contribution in [0, 0.1) is 0 Å². The number of nitrogens with one attached hydrogen (secondary N) is 1. The molecule has 10 nitrogen and oxygen atoms in total. The van der Waals surface area contributed by atoms with Gasteiger partial charge < -0.3 is 24.4 Å². The average Bonchev–Trinajstić information content (AvgIpc) is 3.72. The van der Waals surface area contributed by atoms with Gasteiger partial charge in [0.15, 0.2) is 6.61 Å². The lowest BCUT2D eigenvalue weighted by atomic mass is 9.82. The van der Waals surface area contributed by atoms with E-state index in [4.69, 9.17) is 4.74 Å². The fourth-order valence-electron chi connectivity index (χ4n) is 7.27. The molecule has 1 fully saturated rings. The maximum absolute atomic E-state index is 13.3. The number of aryl methyl sites for hydroxylation is 4. The number of carbonyl (C=O) groups is 2. The molecule has 0 spiro atoms. The standard InChI is InChI=1S/C33H33N7O3/c1-3-40-26-10-7-20(43-19-28(41)39-14-12-38(13-15-39)27-6-4-5-11-34-27)16-22(26)30-23-17-35-33(42)31(23)29-21(32(30)40)8-9-25-24(29)18-37(2)36-25/h4-7,10-11,16,18H,3,8-9,12-15,17,19H2,1-2H3,(H,35,42). The highest BCUT2D eigenvalue weighted by Gasteiger charge is 2.35. The Labute approximate surface area is 248 Å². The van der Waals surface area contributed by atoms with E-state index in [2.05, 4.69) is 37.9 Å². The summed E-state index contributed by atoms with van der Waals surface area (Å²) >= 11 is 0. The Bertz CT molecular complexity index is 1930. The second kappa shape index (κ2) is 9.86. The van der Waals surface area contributed by atoms with Gasteiger partial charge in [-0.25, -0.2) is 4.98 Å². The summed E-state index contributed by atoms with van der Waals surface area (Å²) in [5.74, 6) is 1.55. The third kappa shape index (κ3) is 4.00. The lowest BCUT2D eigenvalue weighted by molar-refractivity contribution is -0.133. The molecule has 2 amide bonds. The van der Waals surface area contributed by atoms with Gasteiger partial charge in [0, 0.05) is 86.1 Å². The summed E-state index contributed by atoms with van der Waals surface area (Å²) in [7, 11) is 1.94. The van der Waals surface area contributed by atoms with Crippen molar-refractivity contribution in [3.8, 4) is 16.9 Å². The average molecular weight is 576 g/mol. The SMILES string of the molecule is CCn1c2ccc(OCC(=O)N3CCN(c4ccccn4)CC3)cc2c2c3c(c4c(c21)CCc1nn(C)cc1-4)C(=O)NC3. The maximum atomic E-state index is 13.3. The monoisotopic (exact) mass is 575 g/mol. The van der Waals surface area contributed by atoms with Crippen molar-refractivity contribution < 1.29 is 14.3 Å². The molecule has 218 valence electrons. The number of piperazine rings is 1. The van der Waals surface area contributed by atoms with E-state index in [0.717, 1.165) is 82.5 Å². The van der Waals surface area contributed by atoms with E-state index in [1.807, 2.05) is 53.2 Å². The number of hydrogen-bond acceptors (Lipinski definition) is 6. The van der Waals surface area contributed by atoms with Crippen LogP contribution < -0.4 is 15.0 Å². The summed E-state index contributed by atoms with van der Waals surface area (Å²) < 4.78 is 10.3. The second-order valence-corrected chi connectivity index (χ2v) is 11.5. The van der Waals surface area contributed by atoms with Crippen LogP contribution >= 0.6 is 0 Å². The highest BCUT2D eigenvalue weighted by Crippen LogP contribution is 2.47. The lowest BCUT2D eigenvalue weighted by Crippen LogP contribution is -2.50. The fourth-order valence-corrected chi connectivity index (χ4v) is 7.27. The van der Waals surface area contributed by atoms with E-state index < -0.39 is 0 Å². The summed E-state index contributed by atoms with van der Waals surface area (Å²) in [6.45, 7) is 6.20. The number of anilines is 1. The first kappa shape index (κ1) is 25.8. The smallest absolute Gasteiger partial charge is 0.260 e. The van der Waals surface area contributed by atoms with Crippen LogP contribution in [-0.4, -0.2) is 68.8 Å². The number of fused-ring (bicyclic) bond motifs is 10. The van der Waals surface area contributed by atoms with Crippen molar-refractivity contribution in [1.82, 2.24) is 29.5 Å². The molecule has 5 heterocycles. The summed E-state index contributed by atoms with van der Waals surface area (Å²) in [6.07, 6.45) is 5.52. The molecule has 1 saturated heterocycles. The molecule has 8 rings (SSSR count). The van der Waals surface area contributed by atoms with Crippen molar-refractivity contribution in [1.29, 1.82) is 0 Å². The van der Waals surface area contributed by atoms with Gasteiger partial charge in [0.05, 0.1) is 16.8 Å². The van der Waals surface area contributed by atoms with Gasteiger partial charge in [-0.3, -0.25) is 14.3 Å². The van der Waals surface area contributed by atoms with Crippen molar-refractivity contribution in [2.45, 2.75) is 32.9 Å². The van der Waals surface area contributed by atoms with Crippen LogP contribution in [0.25, 0.3) is 32.9 Å². The fraction of sp³-hybridized carbons (Fsp3) is 0.333. The first-order chi connectivity index (χ1) is 21.0. The molecule has 1 aliphatic carbocycles. The predicted molar refractivity (Wildman–Crippen MR) is 164 cm³/mol. The Morgan fingerprint density at radius 3 is 2.70 bits per heavy atom. The van der Waals surface area contributed by atoms with Crippen molar-refractivity contribution in [2.75, 3.05) is 37.7 Å². The Balaban J connectivity index is 1.12. The van der Waals surface area contributed by atoms with E-state index >= 15 is 0 Å². The quantitative estimate of drug-likeness (QED) is 0.344. The Morgan fingerprint density at radius 2 is 1.91 bits per heavy atom. The minimum absolute atomic E-state index is 0.0150. The summed E-state index contributed by atoms with van der Waals surface area (Å²) in [6, 6.07) is 12.0.